The highest BCUT2D eigenvalue weighted by atomic mass is 79.9. The van der Waals surface area contributed by atoms with E-state index in [1.807, 2.05) is 42.5 Å². The van der Waals surface area contributed by atoms with Crippen molar-refractivity contribution in [3.05, 3.63) is 104 Å². The van der Waals surface area contributed by atoms with Crippen molar-refractivity contribution in [2.75, 3.05) is 19.7 Å². The van der Waals surface area contributed by atoms with Gasteiger partial charge in [-0.15, -0.1) is 0 Å². The summed E-state index contributed by atoms with van der Waals surface area (Å²) in [5.74, 6) is -1.24. The van der Waals surface area contributed by atoms with Crippen LogP contribution < -0.4 is 0 Å². The number of esters is 1. The zero-order chi connectivity index (χ0) is 26.0. The van der Waals surface area contributed by atoms with Gasteiger partial charge in [-0.25, -0.2) is 13.6 Å². The van der Waals surface area contributed by atoms with Gasteiger partial charge in [0.1, 0.15) is 11.5 Å². The van der Waals surface area contributed by atoms with Crippen molar-refractivity contribution < 1.29 is 18.3 Å². The Morgan fingerprint density at radius 2 is 1.78 bits per heavy atom. The molecule has 0 bridgehead atoms. The van der Waals surface area contributed by atoms with Gasteiger partial charge in [-0.1, -0.05) is 51.8 Å². The van der Waals surface area contributed by atoms with Gasteiger partial charge in [-0.05, 0) is 85.8 Å². The van der Waals surface area contributed by atoms with Crippen LogP contribution in [0.25, 0.3) is 0 Å². The first-order valence-corrected chi connectivity index (χ1v) is 13.2. The molecular formula is C29H29BrClF2NO2. The molecule has 7 heteroatoms. The van der Waals surface area contributed by atoms with Gasteiger partial charge in [-0.3, -0.25) is 4.90 Å². The fraction of sp³-hybridized carbons (Fsp3) is 0.345. The normalized spacial score (nSPS) is 16.3. The SMILES string of the molecule is CCOC(=O)c1cccc(C(c2ccc(Cl)cc2)N2CC([C@@H](c3cc(F)cc(Br)c3)C(C)(C)F)C2)c1. The molecule has 3 nitrogen and oxygen atoms in total. The van der Waals surface area contributed by atoms with Crippen LogP contribution in [-0.2, 0) is 4.74 Å². The monoisotopic (exact) mass is 575 g/mol. The minimum absolute atomic E-state index is 0.0123. The molecule has 36 heavy (non-hydrogen) atoms. The summed E-state index contributed by atoms with van der Waals surface area (Å²) < 4.78 is 35.5. The molecule has 1 heterocycles. The molecule has 2 atom stereocenters. The number of rotatable bonds is 8. The molecule has 0 amide bonds. The lowest BCUT2D eigenvalue weighted by Gasteiger charge is -2.50. The maximum atomic E-state index is 15.5. The number of halogens is 4. The molecule has 1 fully saturated rings. The molecule has 0 N–H and O–H groups in total. The Bertz CT molecular complexity index is 1200. The second-order valence-electron chi connectivity index (χ2n) is 9.76. The van der Waals surface area contributed by atoms with Crippen LogP contribution >= 0.6 is 27.5 Å². The topological polar surface area (TPSA) is 29.5 Å². The molecule has 0 aliphatic carbocycles. The molecule has 190 valence electrons. The molecule has 1 saturated heterocycles. The van der Waals surface area contributed by atoms with E-state index in [2.05, 4.69) is 20.8 Å². The average molecular weight is 577 g/mol. The molecule has 1 aliphatic rings. The Kier molecular flexibility index (Phi) is 8.18. The fourth-order valence-electron chi connectivity index (χ4n) is 5.26. The lowest BCUT2D eigenvalue weighted by molar-refractivity contribution is 0.00805. The number of hydrogen-bond acceptors (Lipinski definition) is 3. The van der Waals surface area contributed by atoms with E-state index >= 15 is 4.39 Å². The van der Waals surface area contributed by atoms with Crippen LogP contribution in [0, 0.1) is 11.7 Å². The van der Waals surface area contributed by atoms with Gasteiger partial charge in [0.2, 0.25) is 0 Å². The minimum Gasteiger partial charge on any atom is -0.462 e. The van der Waals surface area contributed by atoms with Gasteiger partial charge in [-0.2, -0.15) is 0 Å². The summed E-state index contributed by atoms with van der Waals surface area (Å²) in [6.45, 7) is 6.41. The average Bonchev–Trinajstić information content (AvgIpc) is 2.77. The third-order valence-corrected chi connectivity index (χ3v) is 7.37. The van der Waals surface area contributed by atoms with E-state index in [-0.39, 0.29) is 23.7 Å². The fourth-order valence-corrected chi connectivity index (χ4v) is 5.87. The lowest BCUT2D eigenvalue weighted by Crippen LogP contribution is -2.53. The van der Waals surface area contributed by atoms with Gasteiger partial charge in [0.15, 0.2) is 0 Å². The highest BCUT2D eigenvalue weighted by Gasteiger charge is 2.45. The summed E-state index contributed by atoms with van der Waals surface area (Å²) >= 11 is 9.50. The van der Waals surface area contributed by atoms with Gasteiger partial charge in [0.05, 0.1) is 18.2 Å². The maximum Gasteiger partial charge on any atom is 0.338 e. The number of carbonyl (C=O) groups is 1. The highest BCUT2D eigenvalue weighted by molar-refractivity contribution is 9.10. The zero-order valence-corrected chi connectivity index (χ0v) is 22.8. The van der Waals surface area contributed by atoms with Crippen molar-refractivity contribution in [3.8, 4) is 0 Å². The van der Waals surface area contributed by atoms with E-state index in [4.69, 9.17) is 16.3 Å². The Balaban J connectivity index is 1.66. The summed E-state index contributed by atoms with van der Waals surface area (Å²) in [7, 11) is 0. The number of alkyl halides is 1. The zero-order valence-electron chi connectivity index (χ0n) is 20.5. The standard InChI is InChI=1S/C29H29BrClF2NO2/c1-4-36-28(35)20-7-5-6-19(12-20)27(18-8-10-24(31)11-9-18)34-16-22(17-34)26(29(2,3)33)21-13-23(30)15-25(32)14-21/h5-15,22,26-27H,4,16-17H2,1-3H3/t26-,27?/m1/s1. The summed E-state index contributed by atoms with van der Waals surface area (Å²) in [6, 6.07) is 19.5. The lowest BCUT2D eigenvalue weighted by atomic mass is 9.72. The highest BCUT2D eigenvalue weighted by Crippen LogP contribution is 2.46. The molecular weight excluding hydrogens is 548 g/mol. The molecule has 0 radical (unpaired) electrons. The van der Waals surface area contributed by atoms with E-state index in [1.165, 1.54) is 12.1 Å². The van der Waals surface area contributed by atoms with Crippen LogP contribution in [-0.4, -0.2) is 36.2 Å². The van der Waals surface area contributed by atoms with Crippen molar-refractivity contribution in [2.45, 2.75) is 38.4 Å². The molecule has 0 spiro atoms. The smallest absolute Gasteiger partial charge is 0.338 e. The van der Waals surface area contributed by atoms with Crippen LogP contribution in [0.3, 0.4) is 0 Å². The minimum atomic E-state index is -1.54. The molecule has 3 aromatic carbocycles. The Labute approximate surface area is 224 Å². The van der Waals surface area contributed by atoms with Gasteiger partial charge >= 0.3 is 5.97 Å². The quantitative estimate of drug-likeness (QED) is 0.255. The number of hydrogen-bond donors (Lipinski definition) is 0. The largest absolute Gasteiger partial charge is 0.462 e. The van der Waals surface area contributed by atoms with Crippen LogP contribution in [0.2, 0.25) is 5.02 Å². The molecule has 0 aromatic heterocycles. The predicted molar refractivity (Wildman–Crippen MR) is 143 cm³/mol. The van der Waals surface area contributed by atoms with Crippen LogP contribution in [0.15, 0.2) is 71.2 Å². The number of carbonyl (C=O) groups excluding carboxylic acids is 1. The van der Waals surface area contributed by atoms with Crippen LogP contribution in [0.5, 0.6) is 0 Å². The Morgan fingerprint density at radius 3 is 2.39 bits per heavy atom. The van der Waals surface area contributed by atoms with Crippen molar-refractivity contribution >= 4 is 33.5 Å². The van der Waals surface area contributed by atoms with Gasteiger partial charge in [0, 0.05) is 28.5 Å². The van der Waals surface area contributed by atoms with E-state index in [1.54, 1.807) is 32.9 Å². The first-order valence-electron chi connectivity index (χ1n) is 12.0. The summed E-state index contributed by atoms with van der Waals surface area (Å²) in [5.41, 5.74) is 1.54. The van der Waals surface area contributed by atoms with E-state index in [9.17, 15) is 9.18 Å². The summed E-state index contributed by atoms with van der Waals surface area (Å²) in [5, 5.41) is 0.634. The van der Waals surface area contributed by atoms with Crippen molar-refractivity contribution in [2.24, 2.45) is 5.92 Å². The van der Waals surface area contributed by atoms with Crippen molar-refractivity contribution in [3.63, 3.8) is 0 Å². The van der Waals surface area contributed by atoms with Gasteiger partial charge in [0.25, 0.3) is 0 Å². The van der Waals surface area contributed by atoms with E-state index < -0.39 is 11.6 Å². The predicted octanol–water partition coefficient (Wildman–Crippen LogP) is 7.97. The Morgan fingerprint density at radius 1 is 1.08 bits per heavy atom. The van der Waals surface area contributed by atoms with Crippen LogP contribution in [0.4, 0.5) is 8.78 Å². The summed E-state index contributed by atoms with van der Waals surface area (Å²) in [4.78, 5) is 14.6. The third kappa shape index (κ3) is 5.99. The van der Waals surface area contributed by atoms with E-state index in [0.717, 1.165) is 11.1 Å². The molecule has 3 aromatic rings. The third-order valence-electron chi connectivity index (χ3n) is 6.66. The van der Waals surface area contributed by atoms with Crippen LogP contribution in [0.1, 0.15) is 59.8 Å². The number of nitrogens with zero attached hydrogens (tertiary/aromatic N) is 1. The molecule has 0 saturated carbocycles. The van der Waals surface area contributed by atoms with Crippen molar-refractivity contribution in [1.82, 2.24) is 4.90 Å². The number of benzene rings is 3. The van der Waals surface area contributed by atoms with Crippen molar-refractivity contribution in [1.29, 1.82) is 0 Å². The van der Waals surface area contributed by atoms with Gasteiger partial charge < -0.3 is 4.74 Å². The molecule has 1 aliphatic heterocycles. The number of likely N-dealkylation sites (tertiary alicyclic amines) is 1. The Hall–Kier alpha value is -2.28. The maximum absolute atomic E-state index is 15.5. The second kappa shape index (κ2) is 11.0. The van der Waals surface area contributed by atoms with E-state index in [0.29, 0.717) is 40.3 Å². The second-order valence-corrected chi connectivity index (χ2v) is 11.1. The number of ether oxygens (including phenoxy) is 1. The molecule has 1 unspecified atom stereocenters. The first kappa shape index (κ1) is 26.8. The molecule has 4 rings (SSSR count). The first-order chi connectivity index (χ1) is 17.1. The summed E-state index contributed by atoms with van der Waals surface area (Å²) in [6.07, 6.45) is 0.